The monoisotopic (exact) mass is 275 g/mol. The Morgan fingerprint density at radius 2 is 1.95 bits per heavy atom. The molecule has 0 aliphatic carbocycles. The maximum absolute atomic E-state index is 5.32. The molecule has 2 aliphatic rings. The lowest BCUT2D eigenvalue weighted by Crippen LogP contribution is -2.52. The summed E-state index contributed by atoms with van der Waals surface area (Å²) in [4.78, 5) is 5.12. The molecule has 4 nitrogen and oxygen atoms in total. The Labute approximate surface area is 121 Å². The summed E-state index contributed by atoms with van der Waals surface area (Å²) in [5, 5.41) is 3.51. The molecule has 1 N–H and O–H groups in total. The molecule has 3 rings (SSSR count). The van der Waals surface area contributed by atoms with Crippen LogP contribution in [-0.2, 0) is 0 Å². The summed E-state index contributed by atoms with van der Waals surface area (Å²) in [6.45, 7) is 9.22. The number of anilines is 1. The van der Waals surface area contributed by atoms with Crippen molar-refractivity contribution < 1.29 is 4.74 Å². The number of benzene rings is 1. The van der Waals surface area contributed by atoms with Gasteiger partial charge in [-0.25, -0.2) is 0 Å². The predicted molar refractivity (Wildman–Crippen MR) is 82.6 cm³/mol. The van der Waals surface area contributed by atoms with Crippen LogP contribution in [0.4, 0.5) is 5.69 Å². The third kappa shape index (κ3) is 2.76. The Hall–Kier alpha value is -1.26. The normalized spacial score (nSPS) is 27.8. The molecule has 0 bridgehead atoms. The minimum absolute atomic E-state index is 0.724. The summed E-state index contributed by atoms with van der Waals surface area (Å²) in [5.74, 6) is 1.72. The van der Waals surface area contributed by atoms with Crippen LogP contribution in [0.5, 0.6) is 5.75 Å². The van der Waals surface area contributed by atoms with Gasteiger partial charge in [0.25, 0.3) is 0 Å². The van der Waals surface area contributed by atoms with Crippen LogP contribution >= 0.6 is 0 Å². The largest absolute Gasteiger partial charge is 0.497 e. The average molecular weight is 275 g/mol. The van der Waals surface area contributed by atoms with Crippen LogP contribution < -0.4 is 15.0 Å². The number of hydrogen-bond acceptors (Lipinski definition) is 4. The van der Waals surface area contributed by atoms with Crippen LogP contribution in [-0.4, -0.2) is 57.3 Å². The van der Waals surface area contributed by atoms with E-state index in [1.54, 1.807) is 7.11 Å². The minimum atomic E-state index is 0.724. The Bertz CT molecular complexity index is 443. The van der Waals surface area contributed by atoms with Crippen molar-refractivity contribution in [1.82, 2.24) is 10.2 Å². The van der Waals surface area contributed by atoms with E-state index in [2.05, 4.69) is 40.2 Å². The van der Waals surface area contributed by atoms with Gasteiger partial charge in [0, 0.05) is 50.5 Å². The van der Waals surface area contributed by atoms with Crippen LogP contribution in [0.1, 0.15) is 6.92 Å². The second-order valence-electron chi connectivity index (χ2n) is 5.93. The average Bonchev–Trinajstić information content (AvgIpc) is 2.94. The Morgan fingerprint density at radius 1 is 1.15 bits per heavy atom. The maximum Gasteiger partial charge on any atom is 0.120 e. The third-order valence-corrected chi connectivity index (χ3v) is 4.68. The molecule has 1 aromatic rings. The van der Waals surface area contributed by atoms with Crippen molar-refractivity contribution >= 4 is 5.69 Å². The second kappa shape index (κ2) is 6.02. The minimum Gasteiger partial charge on any atom is -0.497 e. The van der Waals surface area contributed by atoms with E-state index in [1.165, 1.54) is 12.2 Å². The van der Waals surface area contributed by atoms with E-state index in [9.17, 15) is 0 Å². The number of methoxy groups -OCH3 is 1. The molecule has 2 atom stereocenters. The van der Waals surface area contributed by atoms with Crippen LogP contribution in [0.25, 0.3) is 0 Å². The van der Waals surface area contributed by atoms with E-state index in [0.29, 0.717) is 0 Å². The van der Waals surface area contributed by atoms with Gasteiger partial charge in [0.1, 0.15) is 5.75 Å². The van der Waals surface area contributed by atoms with E-state index in [0.717, 1.165) is 50.4 Å². The number of nitrogens with one attached hydrogen (secondary N) is 1. The molecular weight excluding hydrogens is 250 g/mol. The zero-order valence-electron chi connectivity index (χ0n) is 12.5. The van der Waals surface area contributed by atoms with Gasteiger partial charge in [-0.15, -0.1) is 0 Å². The lowest BCUT2D eigenvalue weighted by Gasteiger charge is -2.40. The van der Waals surface area contributed by atoms with Gasteiger partial charge in [-0.3, -0.25) is 4.90 Å². The molecule has 2 aliphatic heterocycles. The number of nitrogens with zero attached hydrogens (tertiary/aromatic N) is 2. The van der Waals surface area contributed by atoms with Crippen molar-refractivity contribution in [3.63, 3.8) is 0 Å². The zero-order valence-corrected chi connectivity index (χ0v) is 12.5. The summed E-state index contributed by atoms with van der Waals surface area (Å²) in [6.07, 6.45) is 0. The maximum atomic E-state index is 5.32. The molecule has 0 aromatic heterocycles. The topological polar surface area (TPSA) is 27.7 Å². The first kappa shape index (κ1) is 13.7. The van der Waals surface area contributed by atoms with Crippen molar-refractivity contribution in [1.29, 1.82) is 0 Å². The molecule has 2 fully saturated rings. The second-order valence-corrected chi connectivity index (χ2v) is 5.93. The van der Waals surface area contributed by atoms with Gasteiger partial charge in [-0.1, -0.05) is 13.0 Å². The smallest absolute Gasteiger partial charge is 0.120 e. The lowest BCUT2D eigenvalue weighted by atomic mass is 10.0. The zero-order chi connectivity index (χ0) is 13.9. The summed E-state index contributed by atoms with van der Waals surface area (Å²) >= 11 is 0. The number of ether oxygens (including phenoxy) is 1. The molecule has 1 aromatic carbocycles. The fourth-order valence-corrected chi connectivity index (χ4v) is 3.40. The number of hydrogen-bond donors (Lipinski definition) is 1. The Morgan fingerprint density at radius 3 is 2.60 bits per heavy atom. The molecule has 4 heteroatoms. The van der Waals surface area contributed by atoms with Crippen molar-refractivity contribution in [3.8, 4) is 5.75 Å². The summed E-state index contributed by atoms with van der Waals surface area (Å²) in [7, 11) is 1.73. The molecule has 0 amide bonds. The van der Waals surface area contributed by atoms with Crippen molar-refractivity contribution in [3.05, 3.63) is 24.3 Å². The van der Waals surface area contributed by atoms with E-state index < -0.39 is 0 Å². The summed E-state index contributed by atoms with van der Waals surface area (Å²) < 4.78 is 5.32. The quantitative estimate of drug-likeness (QED) is 0.903. The molecular formula is C16H25N3O. The number of rotatable bonds is 3. The highest BCUT2D eigenvalue weighted by Crippen LogP contribution is 2.24. The van der Waals surface area contributed by atoms with Gasteiger partial charge in [-0.2, -0.15) is 0 Å². The molecule has 20 heavy (non-hydrogen) atoms. The standard InChI is InChI=1S/C16H25N3O/c1-13-11-17-12-16(13)19-8-6-18(7-9-19)14-4-3-5-15(10-14)20-2/h3-5,10,13,16-17H,6-9,11-12H2,1-2H3. The first-order valence-electron chi connectivity index (χ1n) is 7.61. The third-order valence-electron chi connectivity index (χ3n) is 4.68. The van der Waals surface area contributed by atoms with Crippen LogP contribution in [0.2, 0.25) is 0 Å². The SMILES string of the molecule is COc1cccc(N2CCN(C3CNCC3C)CC2)c1. The molecule has 110 valence electrons. The van der Waals surface area contributed by atoms with Crippen LogP contribution in [0.15, 0.2) is 24.3 Å². The van der Waals surface area contributed by atoms with Gasteiger partial charge >= 0.3 is 0 Å². The Kier molecular flexibility index (Phi) is 4.13. The highest BCUT2D eigenvalue weighted by molar-refractivity contribution is 5.51. The van der Waals surface area contributed by atoms with Gasteiger partial charge in [0.2, 0.25) is 0 Å². The predicted octanol–water partition coefficient (Wildman–Crippen LogP) is 1.43. The first-order chi connectivity index (χ1) is 9.78. The molecule has 0 radical (unpaired) electrons. The molecule has 0 spiro atoms. The molecule has 0 saturated carbocycles. The fraction of sp³-hybridized carbons (Fsp3) is 0.625. The summed E-state index contributed by atoms with van der Waals surface area (Å²) in [6, 6.07) is 9.12. The van der Waals surface area contributed by atoms with E-state index >= 15 is 0 Å². The summed E-state index contributed by atoms with van der Waals surface area (Å²) in [5.41, 5.74) is 1.28. The van der Waals surface area contributed by atoms with E-state index in [-0.39, 0.29) is 0 Å². The molecule has 2 saturated heterocycles. The van der Waals surface area contributed by atoms with Gasteiger partial charge < -0.3 is 15.0 Å². The molecule has 2 unspecified atom stereocenters. The molecule has 2 heterocycles. The lowest BCUT2D eigenvalue weighted by molar-refractivity contribution is 0.168. The van der Waals surface area contributed by atoms with Crippen molar-refractivity contribution in [2.75, 3.05) is 51.3 Å². The van der Waals surface area contributed by atoms with Gasteiger partial charge in [0.15, 0.2) is 0 Å². The van der Waals surface area contributed by atoms with Crippen molar-refractivity contribution in [2.45, 2.75) is 13.0 Å². The van der Waals surface area contributed by atoms with E-state index in [1.807, 2.05) is 6.07 Å². The first-order valence-corrected chi connectivity index (χ1v) is 7.61. The Balaban J connectivity index is 1.60. The van der Waals surface area contributed by atoms with Gasteiger partial charge in [-0.05, 0) is 24.6 Å². The van der Waals surface area contributed by atoms with Crippen LogP contribution in [0.3, 0.4) is 0 Å². The van der Waals surface area contributed by atoms with Crippen LogP contribution in [0, 0.1) is 5.92 Å². The number of piperazine rings is 1. The van der Waals surface area contributed by atoms with Crippen molar-refractivity contribution in [2.24, 2.45) is 5.92 Å². The highest BCUT2D eigenvalue weighted by atomic mass is 16.5. The van der Waals surface area contributed by atoms with E-state index in [4.69, 9.17) is 4.74 Å². The highest BCUT2D eigenvalue weighted by Gasteiger charge is 2.30. The fourth-order valence-electron chi connectivity index (χ4n) is 3.40. The van der Waals surface area contributed by atoms with Gasteiger partial charge in [0.05, 0.1) is 7.11 Å².